The van der Waals surface area contributed by atoms with Gasteiger partial charge in [-0.25, -0.2) is 8.42 Å². The molecule has 0 spiro atoms. The van der Waals surface area contributed by atoms with Crippen LogP contribution in [-0.2, 0) is 14.8 Å². The van der Waals surface area contributed by atoms with Crippen LogP contribution in [0.5, 0.6) is 5.75 Å². The van der Waals surface area contributed by atoms with Crippen molar-refractivity contribution >= 4 is 27.5 Å². The molecule has 32 heavy (non-hydrogen) atoms. The molecular formula is C23H27N3O5S. The zero-order valence-corrected chi connectivity index (χ0v) is 18.7. The van der Waals surface area contributed by atoms with Crippen LogP contribution in [0.1, 0.15) is 36.0 Å². The molecule has 1 aliphatic heterocycles. The number of methoxy groups -OCH3 is 1. The highest BCUT2D eigenvalue weighted by molar-refractivity contribution is 7.89. The average molecular weight is 458 g/mol. The number of amides is 2. The van der Waals surface area contributed by atoms with Gasteiger partial charge in [0.2, 0.25) is 15.9 Å². The summed E-state index contributed by atoms with van der Waals surface area (Å²) in [6, 6.07) is 13.3. The molecule has 2 amide bonds. The summed E-state index contributed by atoms with van der Waals surface area (Å²) < 4.78 is 32.5. The first-order chi connectivity index (χ1) is 15.4. The van der Waals surface area contributed by atoms with Crippen molar-refractivity contribution in [2.24, 2.45) is 5.92 Å². The molecule has 1 atom stereocenters. The smallest absolute Gasteiger partial charge is 0.251 e. The number of rotatable bonds is 7. The fourth-order valence-electron chi connectivity index (χ4n) is 3.75. The number of ether oxygens (including phenoxy) is 1. The molecule has 1 heterocycles. The minimum Gasteiger partial charge on any atom is -0.497 e. The summed E-state index contributed by atoms with van der Waals surface area (Å²) in [5.41, 5.74) is 1.01. The number of carbonyl (C=O) groups excluding carboxylic acids is 2. The SMILES string of the molecule is COc1ccc(S(=O)(=O)N2CCC[C@@H](C(=O)Nc3cccc(C(=O)NC4CC4)c3)C2)cc1. The van der Waals surface area contributed by atoms with Crippen molar-refractivity contribution in [3.63, 3.8) is 0 Å². The molecule has 170 valence electrons. The van der Waals surface area contributed by atoms with Gasteiger partial charge >= 0.3 is 0 Å². The van der Waals surface area contributed by atoms with E-state index >= 15 is 0 Å². The first-order valence-electron chi connectivity index (χ1n) is 10.7. The lowest BCUT2D eigenvalue weighted by atomic mass is 9.98. The Balaban J connectivity index is 1.41. The van der Waals surface area contributed by atoms with E-state index in [1.54, 1.807) is 36.4 Å². The molecular weight excluding hydrogens is 430 g/mol. The van der Waals surface area contributed by atoms with E-state index in [0.717, 1.165) is 12.8 Å². The van der Waals surface area contributed by atoms with E-state index in [1.807, 2.05) is 0 Å². The molecule has 0 unspecified atom stereocenters. The van der Waals surface area contributed by atoms with Gasteiger partial charge in [0.05, 0.1) is 17.9 Å². The summed E-state index contributed by atoms with van der Waals surface area (Å²) >= 11 is 0. The van der Waals surface area contributed by atoms with Crippen molar-refractivity contribution < 1.29 is 22.7 Å². The maximum atomic E-state index is 13.0. The molecule has 1 aliphatic carbocycles. The standard InChI is InChI=1S/C23H27N3O5S/c1-31-20-9-11-21(12-10-20)32(29,30)26-13-3-5-17(15-26)23(28)25-19-6-2-4-16(14-19)22(27)24-18-7-8-18/h2,4,6,9-12,14,17-18H,3,5,7-8,13,15H2,1H3,(H,24,27)(H,25,28)/t17-/m1/s1. The normalized spacial score (nSPS) is 19.2. The van der Waals surface area contributed by atoms with E-state index in [1.165, 1.54) is 23.5 Å². The number of hydrogen-bond acceptors (Lipinski definition) is 5. The molecule has 9 heteroatoms. The van der Waals surface area contributed by atoms with Crippen LogP contribution in [0.15, 0.2) is 53.4 Å². The third-order valence-electron chi connectivity index (χ3n) is 5.76. The Morgan fingerprint density at radius 1 is 1.06 bits per heavy atom. The van der Waals surface area contributed by atoms with Crippen LogP contribution >= 0.6 is 0 Å². The van der Waals surface area contributed by atoms with E-state index in [4.69, 9.17) is 4.74 Å². The molecule has 0 bridgehead atoms. The minimum atomic E-state index is -3.71. The largest absolute Gasteiger partial charge is 0.497 e. The molecule has 8 nitrogen and oxygen atoms in total. The molecule has 2 aliphatic rings. The first kappa shape index (κ1) is 22.3. The number of nitrogens with zero attached hydrogens (tertiary/aromatic N) is 1. The second-order valence-corrected chi connectivity index (χ2v) is 10.1. The van der Waals surface area contributed by atoms with E-state index in [0.29, 0.717) is 36.4 Å². The van der Waals surface area contributed by atoms with Crippen LogP contribution in [0.2, 0.25) is 0 Å². The zero-order chi connectivity index (χ0) is 22.7. The molecule has 2 N–H and O–H groups in total. The molecule has 0 radical (unpaired) electrons. The lowest BCUT2D eigenvalue weighted by Crippen LogP contribution is -2.43. The van der Waals surface area contributed by atoms with Crippen LogP contribution in [0.25, 0.3) is 0 Å². The third-order valence-corrected chi connectivity index (χ3v) is 7.64. The van der Waals surface area contributed by atoms with Gasteiger partial charge in [-0.1, -0.05) is 6.07 Å². The molecule has 0 aromatic heterocycles. The second kappa shape index (κ2) is 9.30. The summed E-state index contributed by atoms with van der Waals surface area (Å²) in [5, 5.41) is 5.77. The quantitative estimate of drug-likeness (QED) is 0.665. The number of anilines is 1. The monoisotopic (exact) mass is 457 g/mol. The summed E-state index contributed by atoms with van der Waals surface area (Å²) in [7, 11) is -2.18. The number of sulfonamides is 1. The van der Waals surface area contributed by atoms with Gasteiger partial charge < -0.3 is 15.4 Å². The van der Waals surface area contributed by atoms with Gasteiger partial charge in [0.25, 0.3) is 5.91 Å². The van der Waals surface area contributed by atoms with Crippen LogP contribution in [-0.4, -0.2) is 50.8 Å². The molecule has 2 aromatic carbocycles. The summed E-state index contributed by atoms with van der Waals surface area (Å²) in [4.78, 5) is 25.3. The van der Waals surface area contributed by atoms with Crippen LogP contribution in [0.3, 0.4) is 0 Å². The van der Waals surface area contributed by atoms with Crippen molar-refractivity contribution in [3.8, 4) is 5.75 Å². The van der Waals surface area contributed by atoms with Crippen LogP contribution in [0, 0.1) is 5.92 Å². The van der Waals surface area contributed by atoms with Crippen molar-refractivity contribution in [2.45, 2.75) is 36.6 Å². The van der Waals surface area contributed by atoms with E-state index in [-0.39, 0.29) is 29.3 Å². The predicted octanol–water partition coefficient (Wildman–Crippen LogP) is 2.63. The lowest BCUT2D eigenvalue weighted by Gasteiger charge is -2.31. The van der Waals surface area contributed by atoms with Crippen molar-refractivity contribution in [1.29, 1.82) is 0 Å². The van der Waals surface area contributed by atoms with Crippen LogP contribution < -0.4 is 15.4 Å². The van der Waals surface area contributed by atoms with Crippen LogP contribution in [0.4, 0.5) is 5.69 Å². The Kier molecular flexibility index (Phi) is 6.48. The topological polar surface area (TPSA) is 105 Å². The highest BCUT2D eigenvalue weighted by Gasteiger charge is 2.33. The fraction of sp³-hybridized carbons (Fsp3) is 0.391. The van der Waals surface area contributed by atoms with Crippen molar-refractivity contribution in [2.75, 3.05) is 25.5 Å². The maximum Gasteiger partial charge on any atom is 0.251 e. The number of nitrogens with one attached hydrogen (secondary N) is 2. The van der Waals surface area contributed by atoms with Gasteiger partial charge in [0.15, 0.2) is 0 Å². The molecule has 2 fully saturated rings. The van der Waals surface area contributed by atoms with Gasteiger partial charge in [-0.15, -0.1) is 0 Å². The third kappa shape index (κ3) is 5.11. The highest BCUT2D eigenvalue weighted by Crippen LogP contribution is 2.26. The number of carbonyl (C=O) groups is 2. The molecule has 1 saturated heterocycles. The van der Waals surface area contributed by atoms with Gasteiger partial charge in [-0.05, 0) is 68.1 Å². The Morgan fingerprint density at radius 2 is 1.81 bits per heavy atom. The average Bonchev–Trinajstić information content (AvgIpc) is 3.63. The molecule has 2 aromatic rings. The number of hydrogen-bond donors (Lipinski definition) is 2. The molecule has 4 rings (SSSR count). The second-order valence-electron chi connectivity index (χ2n) is 8.20. The first-order valence-corrected chi connectivity index (χ1v) is 12.2. The maximum absolute atomic E-state index is 13.0. The lowest BCUT2D eigenvalue weighted by molar-refractivity contribution is -0.120. The van der Waals surface area contributed by atoms with Gasteiger partial charge in [0.1, 0.15) is 5.75 Å². The van der Waals surface area contributed by atoms with E-state index in [2.05, 4.69) is 10.6 Å². The number of benzene rings is 2. The van der Waals surface area contributed by atoms with Crippen molar-refractivity contribution in [3.05, 3.63) is 54.1 Å². The Hall–Kier alpha value is -2.91. The van der Waals surface area contributed by atoms with E-state index in [9.17, 15) is 18.0 Å². The Labute approximate surface area is 188 Å². The highest BCUT2D eigenvalue weighted by atomic mass is 32.2. The van der Waals surface area contributed by atoms with Gasteiger partial charge in [-0.2, -0.15) is 4.31 Å². The molecule has 1 saturated carbocycles. The van der Waals surface area contributed by atoms with Gasteiger partial charge in [-0.3, -0.25) is 9.59 Å². The minimum absolute atomic E-state index is 0.113. The van der Waals surface area contributed by atoms with E-state index < -0.39 is 15.9 Å². The summed E-state index contributed by atoms with van der Waals surface area (Å²) in [6.45, 7) is 0.483. The summed E-state index contributed by atoms with van der Waals surface area (Å²) in [5.74, 6) is -0.300. The Morgan fingerprint density at radius 3 is 2.50 bits per heavy atom. The van der Waals surface area contributed by atoms with Crippen molar-refractivity contribution in [1.82, 2.24) is 9.62 Å². The number of piperidine rings is 1. The Bertz CT molecular complexity index is 1100. The predicted molar refractivity (Wildman–Crippen MR) is 120 cm³/mol. The van der Waals surface area contributed by atoms with Gasteiger partial charge in [0, 0.05) is 30.4 Å². The fourth-order valence-corrected chi connectivity index (χ4v) is 5.27. The zero-order valence-electron chi connectivity index (χ0n) is 17.9. The summed E-state index contributed by atoms with van der Waals surface area (Å²) in [6.07, 6.45) is 3.19.